The molecule has 0 atom stereocenters. The van der Waals surface area contributed by atoms with E-state index in [1.165, 1.54) is 7.11 Å². The number of hydroxylamine groups is 1. The van der Waals surface area contributed by atoms with Gasteiger partial charge in [0.1, 0.15) is 22.9 Å². The second-order valence-corrected chi connectivity index (χ2v) is 9.93. The molecule has 0 aliphatic carbocycles. The van der Waals surface area contributed by atoms with E-state index in [4.69, 9.17) is 4.74 Å². The Bertz CT molecular complexity index is 1190. The average molecular weight is 529 g/mol. The smallest absolute Gasteiger partial charge is 0.280 e. The van der Waals surface area contributed by atoms with Crippen LogP contribution in [0.2, 0.25) is 0 Å². The third kappa shape index (κ3) is 7.03. The first kappa shape index (κ1) is 27.4. The van der Waals surface area contributed by atoms with Gasteiger partial charge in [0.2, 0.25) is 5.95 Å². The molecular formula is C27H34F2N6O3. The molecular weight excluding hydrogens is 494 g/mol. The Labute approximate surface area is 221 Å². The van der Waals surface area contributed by atoms with Crippen molar-refractivity contribution in [3.05, 3.63) is 54.1 Å². The highest BCUT2D eigenvalue weighted by molar-refractivity contribution is 5.94. The zero-order valence-electron chi connectivity index (χ0n) is 22.0. The summed E-state index contributed by atoms with van der Waals surface area (Å²) in [4.78, 5) is 27.5. The van der Waals surface area contributed by atoms with Gasteiger partial charge in [-0.15, -0.1) is 0 Å². The summed E-state index contributed by atoms with van der Waals surface area (Å²) >= 11 is 0. The Hall–Kier alpha value is -3.60. The number of ether oxygens (including phenoxy) is 1. The molecule has 1 amide bonds. The molecule has 0 spiro atoms. The summed E-state index contributed by atoms with van der Waals surface area (Å²) in [5, 5.41) is 4.41. The van der Waals surface area contributed by atoms with Crippen LogP contribution in [0.5, 0.6) is 5.75 Å². The van der Waals surface area contributed by atoms with Crippen LogP contribution < -0.4 is 15.1 Å². The van der Waals surface area contributed by atoms with Gasteiger partial charge >= 0.3 is 0 Å². The minimum Gasteiger partial charge on any atom is -0.493 e. The SMILES string of the molecule is CONC(=O)c1c(F)cc(OCCCC2CCN(c3ncc(-c4cnn(CC(C)C)c4)cn3)CC2)cc1F. The molecule has 2 aromatic heterocycles. The van der Waals surface area contributed by atoms with Crippen molar-refractivity contribution in [2.24, 2.45) is 11.8 Å². The van der Waals surface area contributed by atoms with Gasteiger partial charge in [-0.3, -0.25) is 14.3 Å². The molecule has 0 radical (unpaired) electrons. The van der Waals surface area contributed by atoms with Crippen LogP contribution in [-0.2, 0) is 11.4 Å². The molecule has 204 valence electrons. The number of amides is 1. The number of hydrogen-bond acceptors (Lipinski definition) is 7. The molecule has 1 aromatic carbocycles. The second-order valence-electron chi connectivity index (χ2n) is 9.93. The molecule has 0 bridgehead atoms. The number of aromatic nitrogens is 4. The number of carbonyl (C=O) groups is 1. The fourth-order valence-corrected chi connectivity index (χ4v) is 4.60. The van der Waals surface area contributed by atoms with E-state index in [2.05, 4.69) is 38.7 Å². The van der Waals surface area contributed by atoms with Crippen molar-refractivity contribution in [3.8, 4) is 16.9 Å². The van der Waals surface area contributed by atoms with E-state index in [9.17, 15) is 13.6 Å². The summed E-state index contributed by atoms with van der Waals surface area (Å²) in [6.07, 6.45) is 11.3. The first-order valence-corrected chi connectivity index (χ1v) is 12.9. The highest BCUT2D eigenvalue weighted by atomic mass is 19.1. The molecule has 1 saturated heterocycles. The van der Waals surface area contributed by atoms with E-state index in [0.29, 0.717) is 18.4 Å². The maximum absolute atomic E-state index is 14.2. The predicted octanol–water partition coefficient (Wildman–Crippen LogP) is 4.64. The third-order valence-electron chi connectivity index (χ3n) is 6.52. The minimum absolute atomic E-state index is 0.0525. The number of benzene rings is 1. The number of piperidine rings is 1. The number of rotatable bonds is 11. The van der Waals surface area contributed by atoms with Crippen molar-refractivity contribution in [3.63, 3.8) is 0 Å². The number of nitrogens with zero attached hydrogens (tertiary/aromatic N) is 5. The number of carbonyl (C=O) groups excluding carboxylic acids is 1. The monoisotopic (exact) mass is 528 g/mol. The van der Waals surface area contributed by atoms with Gasteiger partial charge in [0.15, 0.2) is 0 Å². The van der Waals surface area contributed by atoms with Crippen LogP contribution >= 0.6 is 0 Å². The van der Waals surface area contributed by atoms with E-state index in [1.54, 1.807) is 0 Å². The summed E-state index contributed by atoms with van der Waals surface area (Å²) in [6, 6.07) is 2.02. The Balaban J connectivity index is 1.20. The lowest BCUT2D eigenvalue weighted by molar-refractivity contribution is 0.0529. The van der Waals surface area contributed by atoms with Gasteiger partial charge < -0.3 is 9.64 Å². The molecule has 1 aliphatic rings. The van der Waals surface area contributed by atoms with Gasteiger partial charge in [-0.25, -0.2) is 24.2 Å². The van der Waals surface area contributed by atoms with Crippen LogP contribution in [0.25, 0.3) is 11.1 Å². The van der Waals surface area contributed by atoms with E-state index < -0.39 is 23.1 Å². The van der Waals surface area contributed by atoms with Crippen LogP contribution in [0.15, 0.2) is 36.9 Å². The maximum Gasteiger partial charge on any atom is 0.280 e. The quantitative estimate of drug-likeness (QED) is 0.286. The van der Waals surface area contributed by atoms with Crippen LogP contribution in [0, 0.1) is 23.5 Å². The fourth-order valence-electron chi connectivity index (χ4n) is 4.60. The predicted molar refractivity (Wildman–Crippen MR) is 139 cm³/mol. The second kappa shape index (κ2) is 12.8. The van der Waals surface area contributed by atoms with Crippen molar-refractivity contribution in [1.82, 2.24) is 25.2 Å². The minimum atomic E-state index is -1.00. The molecule has 1 fully saturated rings. The summed E-state index contributed by atoms with van der Waals surface area (Å²) < 4.78 is 35.8. The van der Waals surface area contributed by atoms with Crippen LogP contribution in [-0.4, -0.2) is 52.5 Å². The standard InChI is InChI=1S/C27H34F2N6O3/c1-18(2)16-35-17-21(15-32-35)20-13-30-27(31-14-20)34-8-6-19(7-9-34)5-4-10-38-22-11-23(28)25(24(29)12-22)26(36)33-37-3/h11-15,17-19H,4-10,16H2,1-3H3,(H,33,36). The molecule has 3 aromatic rings. The normalized spacial score (nSPS) is 14.2. The van der Waals surface area contributed by atoms with E-state index in [0.717, 1.165) is 74.5 Å². The molecule has 38 heavy (non-hydrogen) atoms. The van der Waals surface area contributed by atoms with E-state index in [-0.39, 0.29) is 5.75 Å². The molecule has 1 aliphatic heterocycles. The number of halogens is 2. The molecule has 9 nitrogen and oxygen atoms in total. The molecule has 4 rings (SSSR count). The van der Waals surface area contributed by atoms with Gasteiger partial charge in [-0.2, -0.15) is 5.10 Å². The first-order chi connectivity index (χ1) is 18.3. The Kier molecular flexibility index (Phi) is 9.22. The van der Waals surface area contributed by atoms with Gasteiger partial charge in [0.05, 0.1) is 19.9 Å². The van der Waals surface area contributed by atoms with Gasteiger partial charge in [0, 0.05) is 61.5 Å². The van der Waals surface area contributed by atoms with Crippen LogP contribution in [0.3, 0.4) is 0 Å². The highest BCUT2D eigenvalue weighted by Gasteiger charge is 2.22. The summed E-state index contributed by atoms with van der Waals surface area (Å²) in [5.74, 6) is -1.14. The molecule has 1 N–H and O–H groups in total. The van der Waals surface area contributed by atoms with E-state index >= 15 is 0 Å². The maximum atomic E-state index is 14.2. The molecule has 3 heterocycles. The zero-order chi connectivity index (χ0) is 27.1. The van der Waals surface area contributed by atoms with Crippen LogP contribution in [0.1, 0.15) is 49.9 Å². The Morgan fingerprint density at radius 3 is 2.42 bits per heavy atom. The van der Waals surface area contributed by atoms with Crippen molar-refractivity contribution in [2.45, 2.75) is 46.1 Å². The molecule has 0 unspecified atom stereocenters. The molecule has 11 heteroatoms. The summed E-state index contributed by atoms with van der Waals surface area (Å²) in [5.41, 5.74) is 3.16. The molecule has 0 saturated carbocycles. The highest BCUT2D eigenvalue weighted by Crippen LogP contribution is 2.26. The Morgan fingerprint density at radius 1 is 1.11 bits per heavy atom. The number of anilines is 1. The zero-order valence-corrected chi connectivity index (χ0v) is 22.0. The third-order valence-corrected chi connectivity index (χ3v) is 6.52. The number of nitrogens with one attached hydrogen (secondary N) is 1. The van der Waals surface area contributed by atoms with Crippen molar-refractivity contribution >= 4 is 11.9 Å². The van der Waals surface area contributed by atoms with Crippen molar-refractivity contribution in [1.29, 1.82) is 0 Å². The average Bonchev–Trinajstić information content (AvgIpc) is 3.35. The van der Waals surface area contributed by atoms with Crippen LogP contribution in [0.4, 0.5) is 14.7 Å². The number of hydrogen-bond donors (Lipinski definition) is 1. The summed E-state index contributed by atoms with van der Waals surface area (Å²) in [6.45, 7) is 7.28. The summed E-state index contributed by atoms with van der Waals surface area (Å²) in [7, 11) is 1.19. The van der Waals surface area contributed by atoms with Crippen molar-refractivity contribution in [2.75, 3.05) is 31.7 Å². The largest absolute Gasteiger partial charge is 0.493 e. The lowest BCUT2D eigenvalue weighted by Gasteiger charge is -2.32. The Morgan fingerprint density at radius 2 is 1.79 bits per heavy atom. The van der Waals surface area contributed by atoms with E-state index in [1.807, 2.05) is 34.9 Å². The fraction of sp³-hybridized carbons (Fsp3) is 0.481. The van der Waals surface area contributed by atoms with Gasteiger partial charge in [-0.1, -0.05) is 13.8 Å². The topological polar surface area (TPSA) is 94.4 Å². The van der Waals surface area contributed by atoms with Gasteiger partial charge in [0.25, 0.3) is 5.91 Å². The lowest BCUT2D eigenvalue weighted by atomic mass is 9.92. The van der Waals surface area contributed by atoms with Gasteiger partial charge in [-0.05, 0) is 37.5 Å². The lowest BCUT2D eigenvalue weighted by Crippen LogP contribution is -2.34. The first-order valence-electron chi connectivity index (χ1n) is 12.9. The van der Waals surface area contributed by atoms with Crippen molar-refractivity contribution < 1.29 is 23.1 Å².